The molecule has 3 aliphatic heterocycles. The highest BCUT2D eigenvalue weighted by molar-refractivity contribution is 6.03. The Morgan fingerprint density at radius 3 is 1.10 bits per heavy atom. The Hall–Kier alpha value is -11.3. The van der Waals surface area contributed by atoms with Crippen LogP contribution < -0.4 is 46.8 Å². The number of hydrogen-bond acceptors (Lipinski definition) is 24. The van der Waals surface area contributed by atoms with E-state index in [2.05, 4.69) is 91.9 Å². The summed E-state index contributed by atoms with van der Waals surface area (Å²) in [7, 11) is 3.60. The Morgan fingerprint density at radius 1 is 0.434 bits per heavy atom. The van der Waals surface area contributed by atoms with E-state index in [0.717, 1.165) is 150 Å². The van der Waals surface area contributed by atoms with Crippen molar-refractivity contribution in [1.29, 1.82) is 0 Å². The maximum Gasteiger partial charge on any atom is 0.410 e. The van der Waals surface area contributed by atoms with Crippen molar-refractivity contribution < 1.29 is 38.2 Å². The lowest BCUT2D eigenvalue weighted by molar-refractivity contribution is -0.119. The minimum atomic E-state index is -0.516. The van der Waals surface area contributed by atoms with Gasteiger partial charge in [0.2, 0.25) is 23.8 Å². The van der Waals surface area contributed by atoms with Gasteiger partial charge in [-0.3, -0.25) is 30.0 Å². The summed E-state index contributed by atoms with van der Waals surface area (Å²) >= 11 is 0. The molecule has 5 amide bonds. The van der Waals surface area contributed by atoms with E-state index in [4.69, 9.17) is 24.4 Å². The number of rotatable bonds is 15. The zero-order valence-electron chi connectivity index (χ0n) is 67.4. The molecule has 0 unspecified atom stereocenters. The lowest BCUT2D eigenvalue weighted by Gasteiger charge is -2.36. The monoisotopic (exact) mass is 1540 g/mol. The zero-order chi connectivity index (χ0) is 80.0. The molecule has 0 radical (unpaired) electrons. The number of hydrogen-bond donors (Lipinski definition) is 6. The molecule has 12 heterocycles. The zero-order valence-corrected chi connectivity index (χ0v) is 67.4. The second-order valence-electron chi connectivity index (χ2n) is 32.3. The molecule has 9 aromatic rings. The van der Waals surface area contributed by atoms with Gasteiger partial charge >= 0.3 is 12.2 Å². The number of carbonyl (C=O) groups excluding carboxylic acids is 6. The molecule has 15 rings (SSSR count). The van der Waals surface area contributed by atoms with Gasteiger partial charge in [-0.1, -0.05) is 38.5 Å². The lowest BCUT2D eigenvalue weighted by atomic mass is 10.1. The van der Waals surface area contributed by atoms with Gasteiger partial charge in [-0.15, -0.1) is 0 Å². The van der Waals surface area contributed by atoms with Crippen molar-refractivity contribution >= 4 is 121 Å². The molecular weight excluding hydrogens is 1440 g/mol. The van der Waals surface area contributed by atoms with Gasteiger partial charge in [-0.05, 0) is 154 Å². The number of fused-ring (bicyclic) bond motifs is 3. The highest BCUT2D eigenvalue weighted by Crippen LogP contribution is 2.41. The Balaban J connectivity index is 0.000000149. The molecule has 32 nitrogen and oxygen atoms in total. The van der Waals surface area contributed by atoms with E-state index in [9.17, 15) is 28.8 Å². The summed E-state index contributed by atoms with van der Waals surface area (Å²) in [6.45, 7) is 29.2. The van der Waals surface area contributed by atoms with Crippen LogP contribution in [0.5, 0.6) is 0 Å². The number of ether oxygens (including phenoxy) is 2. The highest BCUT2D eigenvalue weighted by atomic mass is 16.6. The first-order valence-corrected chi connectivity index (χ1v) is 39.7. The topological polar surface area (TPSA) is 343 Å². The smallest absolute Gasteiger partial charge is 0.410 e. The van der Waals surface area contributed by atoms with Crippen LogP contribution >= 0.6 is 0 Å². The normalized spacial score (nSPS) is 16.6. The van der Waals surface area contributed by atoms with Crippen LogP contribution in [0.15, 0.2) is 73.6 Å². The number of piperazine rings is 3. The number of hydrazine groups is 1. The number of carbonyl (C=O) groups is 6. The molecule has 113 heavy (non-hydrogen) atoms. The Labute approximate surface area is 659 Å². The van der Waals surface area contributed by atoms with Crippen LogP contribution in [-0.2, 0) is 14.3 Å². The van der Waals surface area contributed by atoms with Crippen molar-refractivity contribution in [2.75, 3.05) is 123 Å². The summed E-state index contributed by atoms with van der Waals surface area (Å²) in [6, 6.07) is 12.5. The van der Waals surface area contributed by atoms with Crippen molar-refractivity contribution in [3.05, 3.63) is 107 Å². The Morgan fingerprint density at radius 2 is 0.770 bits per heavy atom. The fraction of sp³-hybridized carbons (Fsp3) is 0.519. The molecule has 0 atom stereocenters. The average molecular weight is 1550 g/mol. The number of pyridine rings is 3. The number of nitrogens with zero attached hydrogens (tertiary/aromatic N) is 18. The maximum atomic E-state index is 13.1. The summed E-state index contributed by atoms with van der Waals surface area (Å²) in [5.74, 6) is 2.59. The van der Waals surface area contributed by atoms with Crippen LogP contribution in [0.4, 0.5) is 61.9 Å². The van der Waals surface area contributed by atoms with Gasteiger partial charge < -0.3 is 73.8 Å². The van der Waals surface area contributed by atoms with Crippen LogP contribution in [0.3, 0.4) is 0 Å². The fourth-order valence-electron chi connectivity index (χ4n) is 16.0. The molecule has 3 aliphatic carbocycles. The molecule has 0 aromatic carbocycles. The first-order chi connectivity index (χ1) is 54.1. The Kier molecular flexibility index (Phi) is 24.2. The molecule has 6 fully saturated rings. The molecule has 9 aromatic heterocycles. The first-order valence-electron chi connectivity index (χ1n) is 39.7. The van der Waals surface area contributed by atoms with Gasteiger partial charge in [0.15, 0.2) is 5.78 Å². The number of anilines is 9. The number of aryl methyl sites for hydroxylation is 3. The van der Waals surface area contributed by atoms with Gasteiger partial charge in [-0.2, -0.15) is 15.0 Å². The van der Waals surface area contributed by atoms with E-state index in [1.54, 1.807) is 54.3 Å². The first kappa shape index (κ1) is 79.8. The molecule has 6 aliphatic rings. The van der Waals surface area contributed by atoms with Gasteiger partial charge in [0, 0.05) is 159 Å². The highest BCUT2D eigenvalue weighted by Gasteiger charge is 2.34. The molecular formula is C81H108N24O8. The van der Waals surface area contributed by atoms with Crippen molar-refractivity contribution in [2.24, 2.45) is 0 Å². The summed E-state index contributed by atoms with van der Waals surface area (Å²) < 4.78 is 17.3. The van der Waals surface area contributed by atoms with Gasteiger partial charge in [0.05, 0.1) is 41.3 Å². The predicted octanol–water partition coefficient (Wildman–Crippen LogP) is 12.2. The Bertz CT molecular complexity index is 4910. The SMILES string of the molecule is CC(=O)NNC(=O)c1c(C)c2cnc(Nc3ccc(N4CCN(C(=O)OC(C)(C)C)CC4)cn3)nc2n1C1CCCC1.CC(=O)c1c(C)c2cnc(Nc3ccc(N4CCN(C(=O)OC(C)(C)C)CC4)cn3)nc2n1C1CCCC1.Cc1c(C(=O)N(C)C)n(C2CCCC2)c2nc(Nc3ccc(N4CCNCC4)cn3)ncc12. The number of aromatic nitrogens is 12. The van der Waals surface area contributed by atoms with Crippen LogP contribution in [0.2, 0.25) is 0 Å². The van der Waals surface area contributed by atoms with E-state index in [1.807, 2.05) is 116 Å². The van der Waals surface area contributed by atoms with Crippen LogP contribution in [-0.4, -0.2) is 213 Å². The predicted molar refractivity (Wildman–Crippen MR) is 436 cm³/mol. The van der Waals surface area contributed by atoms with Crippen molar-refractivity contribution in [2.45, 2.75) is 183 Å². The largest absolute Gasteiger partial charge is 0.444 e. The van der Waals surface area contributed by atoms with Crippen molar-refractivity contribution in [3.8, 4) is 0 Å². The molecule has 3 saturated carbocycles. The maximum absolute atomic E-state index is 13.1. The molecule has 600 valence electrons. The van der Waals surface area contributed by atoms with Crippen molar-refractivity contribution in [3.63, 3.8) is 0 Å². The third kappa shape index (κ3) is 18.6. The number of ketones is 1. The summed E-state index contributed by atoms with van der Waals surface area (Å²) in [4.78, 5) is 128. The molecule has 0 bridgehead atoms. The van der Waals surface area contributed by atoms with Crippen molar-refractivity contribution in [1.82, 2.24) is 89.4 Å². The van der Waals surface area contributed by atoms with E-state index in [1.165, 1.54) is 32.6 Å². The minimum Gasteiger partial charge on any atom is -0.444 e. The second-order valence-corrected chi connectivity index (χ2v) is 32.3. The second kappa shape index (κ2) is 34.3. The van der Waals surface area contributed by atoms with E-state index >= 15 is 0 Å². The summed E-state index contributed by atoms with van der Waals surface area (Å²) in [6.07, 6.45) is 23.3. The summed E-state index contributed by atoms with van der Waals surface area (Å²) in [5, 5.41) is 15.7. The minimum absolute atomic E-state index is 0.0112. The fourth-order valence-corrected chi connectivity index (χ4v) is 16.0. The van der Waals surface area contributed by atoms with E-state index in [-0.39, 0.29) is 41.7 Å². The van der Waals surface area contributed by atoms with E-state index < -0.39 is 11.2 Å². The lowest BCUT2D eigenvalue weighted by Crippen LogP contribution is -2.50. The van der Waals surface area contributed by atoms with Gasteiger partial charge in [0.25, 0.3) is 11.8 Å². The third-order valence-electron chi connectivity index (χ3n) is 21.6. The number of amides is 5. The molecule has 3 saturated heterocycles. The summed E-state index contributed by atoms with van der Waals surface area (Å²) in [5.41, 5.74) is 13.8. The van der Waals surface area contributed by atoms with E-state index in [0.29, 0.717) is 111 Å². The van der Waals surface area contributed by atoms with Gasteiger partial charge in [-0.25, -0.2) is 39.5 Å². The quantitative estimate of drug-likeness (QED) is 0.0410. The van der Waals surface area contributed by atoms with Crippen LogP contribution in [0.1, 0.15) is 199 Å². The molecule has 6 N–H and O–H groups in total. The molecule has 32 heteroatoms. The standard InChI is InChI=1S/C29H39N9O4.C28H37N7O3.C24H32N8O/c1-18-22-17-31-27(33-25(22)38(20-8-6-7-9-20)24(18)26(40)35-34-19(2)39)32-23-11-10-21(16-30-23)36-12-14-37(15-13-36)28(41)42-29(3,4)5;1-18-22-17-30-26(32-25(22)35(24(18)19(2)36)20-8-6-7-9-20)31-23-11-10-21(16-29-23)33-12-14-34(15-13-33)27(37)38-28(3,4)5;1-16-19-15-27-24(28-20-9-8-18(14-26-20)31-12-10-25-11-13-31)29-22(19)32(17-6-4-5-7-17)21(16)23(33)30(2)3/h10-11,16-17,20H,6-9,12-15H2,1-5H3,(H,34,39)(H,35,40)(H,30,31,32,33);10-11,16-17,20H,6-9,12-15H2,1-5H3,(H,29,30,31,32);8-9,14-15,17,25H,4-7,10-13H2,1-3H3,(H,26,27,28,29). The molecule has 0 spiro atoms. The number of nitrogens with one attached hydrogen (secondary N) is 6. The van der Waals surface area contributed by atoms with Crippen LogP contribution in [0, 0.1) is 20.8 Å². The number of Topliss-reactive ketones (excluding diaryl/α,β-unsaturated/α-hetero) is 1. The van der Waals surface area contributed by atoms with Crippen LogP contribution in [0.25, 0.3) is 33.1 Å². The third-order valence-corrected chi connectivity index (χ3v) is 21.6. The average Bonchev–Trinajstić information content (AvgIpc) is 1.61. The van der Waals surface area contributed by atoms with Gasteiger partial charge in [0.1, 0.15) is 57.0 Å².